The van der Waals surface area contributed by atoms with Gasteiger partial charge in [-0.05, 0) is 48.4 Å². The summed E-state index contributed by atoms with van der Waals surface area (Å²) in [6.07, 6.45) is 3.87. The number of benzene rings is 1. The molecule has 2 N–H and O–H groups in total. The Morgan fingerprint density at radius 3 is 2.35 bits per heavy atom. The molecule has 0 spiro atoms. The molecule has 2 aromatic rings. The predicted octanol–water partition coefficient (Wildman–Crippen LogP) is 1.76. The topological polar surface area (TPSA) is 97.4 Å². The van der Waals surface area contributed by atoms with Crippen LogP contribution < -0.4 is 10.6 Å². The van der Waals surface area contributed by atoms with Crippen molar-refractivity contribution < 1.29 is 19.1 Å². The SMILES string of the molecule is COC(=O)c1ccc(NC(=O)C2CC2C(=O)NCc2ccncc2)cc1. The number of carbonyl (C=O) groups excluding carboxylic acids is 3. The predicted molar refractivity (Wildman–Crippen MR) is 94.1 cm³/mol. The zero-order valence-corrected chi connectivity index (χ0v) is 14.3. The molecule has 1 heterocycles. The number of amides is 2. The van der Waals surface area contributed by atoms with Gasteiger partial charge in [-0.25, -0.2) is 4.79 Å². The highest BCUT2D eigenvalue weighted by Crippen LogP contribution is 2.39. The highest BCUT2D eigenvalue weighted by Gasteiger charge is 2.47. The van der Waals surface area contributed by atoms with Crippen LogP contribution in [0.3, 0.4) is 0 Å². The molecule has 7 heteroatoms. The summed E-state index contributed by atoms with van der Waals surface area (Å²) >= 11 is 0. The van der Waals surface area contributed by atoms with Crippen LogP contribution in [-0.4, -0.2) is 29.9 Å². The van der Waals surface area contributed by atoms with Gasteiger partial charge in [-0.3, -0.25) is 14.6 Å². The molecule has 0 bridgehead atoms. The number of rotatable bonds is 6. The summed E-state index contributed by atoms with van der Waals surface area (Å²) in [4.78, 5) is 39.7. The van der Waals surface area contributed by atoms with Crippen molar-refractivity contribution in [2.24, 2.45) is 11.8 Å². The normalized spacial score (nSPS) is 17.9. The number of nitrogens with zero attached hydrogens (tertiary/aromatic N) is 1. The second-order valence-electron chi connectivity index (χ2n) is 6.08. The molecule has 1 aliphatic rings. The number of carbonyl (C=O) groups is 3. The minimum atomic E-state index is -0.434. The Bertz CT molecular complexity index is 805. The number of hydrogen-bond donors (Lipinski definition) is 2. The summed E-state index contributed by atoms with van der Waals surface area (Å²) in [5.74, 6) is -1.38. The van der Waals surface area contributed by atoms with Crippen molar-refractivity contribution in [1.29, 1.82) is 0 Å². The van der Waals surface area contributed by atoms with Crippen molar-refractivity contribution >= 4 is 23.5 Å². The maximum absolute atomic E-state index is 12.2. The minimum absolute atomic E-state index is 0.122. The average molecular weight is 353 g/mol. The first kappa shape index (κ1) is 17.6. The fourth-order valence-corrected chi connectivity index (χ4v) is 2.64. The number of hydrogen-bond acceptors (Lipinski definition) is 5. The number of nitrogens with one attached hydrogen (secondary N) is 2. The van der Waals surface area contributed by atoms with E-state index in [1.54, 1.807) is 36.7 Å². The summed E-state index contributed by atoms with van der Waals surface area (Å²) in [6.45, 7) is 0.418. The molecule has 3 rings (SSSR count). The minimum Gasteiger partial charge on any atom is -0.465 e. The molecule has 1 aromatic heterocycles. The lowest BCUT2D eigenvalue weighted by atomic mass is 10.2. The van der Waals surface area contributed by atoms with E-state index in [4.69, 9.17) is 0 Å². The van der Waals surface area contributed by atoms with Crippen LogP contribution in [0.5, 0.6) is 0 Å². The fraction of sp³-hybridized carbons (Fsp3) is 0.263. The Kier molecular flexibility index (Phi) is 5.26. The first-order valence-electron chi connectivity index (χ1n) is 8.24. The fourth-order valence-electron chi connectivity index (χ4n) is 2.64. The number of methoxy groups -OCH3 is 1. The molecule has 1 saturated carbocycles. The number of anilines is 1. The summed E-state index contributed by atoms with van der Waals surface area (Å²) < 4.78 is 4.63. The molecule has 0 aliphatic heterocycles. The van der Waals surface area contributed by atoms with Gasteiger partial charge in [0.25, 0.3) is 0 Å². The lowest BCUT2D eigenvalue weighted by molar-refractivity contribution is -0.125. The molecular weight excluding hydrogens is 334 g/mol. The van der Waals surface area contributed by atoms with Crippen molar-refractivity contribution in [2.45, 2.75) is 13.0 Å². The summed E-state index contributed by atoms with van der Waals surface area (Å²) in [5, 5.41) is 5.61. The number of pyridine rings is 1. The number of esters is 1. The highest BCUT2D eigenvalue weighted by molar-refractivity contribution is 5.99. The van der Waals surface area contributed by atoms with Crippen molar-refractivity contribution in [3.05, 3.63) is 59.9 Å². The van der Waals surface area contributed by atoms with Crippen LogP contribution >= 0.6 is 0 Å². The molecule has 2 unspecified atom stereocenters. The lowest BCUT2D eigenvalue weighted by Crippen LogP contribution is -2.27. The van der Waals surface area contributed by atoms with Crippen LogP contribution in [0.15, 0.2) is 48.8 Å². The Morgan fingerprint density at radius 1 is 1.04 bits per heavy atom. The molecule has 0 saturated heterocycles. The smallest absolute Gasteiger partial charge is 0.337 e. The van der Waals surface area contributed by atoms with Crippen molar-refractivity contribution in [2.75, 3.05) is 12.4 Å². The Morgan fingerprint density at radius 2 is 1.69 bits per heavy atom. The first-order chi connectivity index (χ1) is 12.6. The van der Waals surface area contributed by atoms with Crippen LogP contribution in [0, 0.1) is 11.8 Å². The van der Waals surface area contributed by atoms with E-state index in [1.807, 2.05) is 12.1 Å². The Hall–Kier alpha value is -3.22. The van der Waals surface area contributed by atoms with Crippen molar-refractivity contribution in [1.82, 2.24) is 10.3 Å². The molecule has 7 nitrogen and oxygen atoms in total. The van der Waals surface area contributed by atoms with Crippen LogP contribution in [0.25, 0.3) is 0 Å². The molecular formula is C19H19N3O4. The molecule has 1 fully saturated rings. The molecule has 134 valence electrons. The van der Waals surface area contributed by atoms with Gasteiger partial charge in [0, 0.05) is 24.6 Å². The standard InChI is InChI=1S/C19H19N3O4/c1-26-19(25)13-2-4-14(5-3-13)22-18(24)16-10-15(16)17(23)21-11-12-6-8-20-9-7-12/h2-9,15-16H,10-11H2,1H3,(H,21,23)(H,22,24). The maximum atomic E-state index is 12.2. The monoisotopic (exact) mass is 353 g/mol. The quantitative estimate of drug-likeness (QED) is 0.771. The Balaban J connectivity index is 1.47. The zero-order chi connectivity index (χ0) is 18.5. The summed E-state index contributed by atoms with van der Waals surface area (Å²) in [6, 6.07) is 10.1. The molecule has 26 heavy (non-hydrogen) atoms. The third-order valence-electron chi connectivity index (χ3n) is 4.25. The van der Waals surface area contributed by atoms with Gasteiger partial charge in [0.05, 0.1) is 24.5 Å². The van der Waals surface area contributed by atoms with Crippen LogP contribution in [0.1, 0.15) is 22.3 Å². The molecule has 2 amide bonds. The summed E-state index contributed by atoms with van der Waals surface area (Å²) in [7, 11) is 1.31. The van der Waals surface area contributed by atoms with E-state index in [9.17, 15) is 14.4 Å². The van der Waals surface area contributed by atoms with Gasteiger partial charge in [-0.2, -0.15) is 0 Å². The second-order valence-corrected chi connectivity index (χ2v) is 6.08. The second kappa shape index (κ2) is 7.77. The third kappa shape index (κ3) is 4.24. The van der Waals surface area contributed by atoms with E-state index in [2.05, 4.69) is 20.4 Å². The van der Waals surface area contributed by atoms with Crippen molar-refractivity contribution in [3.63, 3.8) is 0 Å². The van der Waals surface area contributed by atoms with E-state index >= 15 is 0 Å². The highest BCUT2D eigenvalue weighted by atomic mass is 16.5. The van der Waals surface area contributed by atoms with E-state index in [0.717, 1.165) is 5.56 Å². The van der Waals surface area contributed by atoms with Gasteiger partial charge < -0.3 is 15.4 Å². The van der Waals surface area contributed by atoms with E-state index in [-0.39, 0.29) is 23.7 Å². The lowest BCUT2D eigenvalue weighted by Gasteiger charge is -2.07. The number of ether oxygens (including phenoxy) is 1. The molecule has 1 aliphatic carbocycles. The van der Waals surface area contributed by atoms with Gasteiger partial charge in [-0.1, -0.05) is 0 Å². The van der Waals surface area contributed by atoms with Crippen LogP contribution in [0.2, 0.25) is 0 Å². The summed E-state index contributed by atoms with van der Waals surface area (Å²) in [5.41, 5.74) is 1.94. The van der Waals surface area contributed by atoms with Crippen molar-refractivity contribution in [3.8, 4) is 0 Å². The van der Waals surface area contributed by atoms with Crippen LogP contribution in [0.4, 0.5) is 5.69 Å². The van der Waals surface area contributed by atoms with E-state index in [0.29, 0.717) is 24.2 Å². The third-order valence-corrected chi connectivity index (χ3v) is 4.25. The molecule has 1 aromatic carbocycles. The number of aromatic nitrogens is 1. The van der Waals surface area contributed by atoms with E-state index < -0.39 is 5.97 Å². The first-order valence-corrected chi connectivity index (χ1v) is 8.24. The Labute approximate surface area is 150 Å². The maximum Gasteiger partial charge on any atom is 0.337 e. The van der Waals surface area contributed by atoms with Gasteiger partial charge in [-0.15, -0.1) is 0 Å². The van der Waals surface area contributed by atoms with Gasteiger partial charge in [0.1, 0.15) is 0 Å². The van der Waals surface area contributed by atoms with Gasteiger partial charge in [0.15, 0.2) is 0 Å². The molecule has 2 atom stereocenters. The van der Waals surface area contributed by atoms with Crippen LogP contribution in [-0.2, 0) is 20.9 Å². The van der Waals surface area contributed by atoms with E-state index in [1.165, 1.54) is 7.11 Å². The van der Waals surface area contributed by atoms with Gasteiger partial charge >= 0.3 is 5.97 Å². The largest absolute Gasteiger partial charge is 0.465 e. The zero-order valence-electron chi connectivity index (χ0n) is 14.3. The average Bonchev–Trinajstić information content (AvgIpc) is 3.48. The van der Waals surface area contributed by atoms with Gasteiger partial charge in [0.2, 0.25) is 11.8 Å². The molecule has 0 radical (unpaired) electrons.